The molecule has 1 unspecified atom stereocenters. The summed E-state index contributed by atoms with van der Waals surface area (Å²) < 4.78 is 5.99. The Hall–Kier alpha value is -3.89. The van der Waals surface area contributed by atoms with E-state index in [1.165, 1.54) is 10.2 Å². The van der Waals surface area contributed by atoms with Crippen molar-refractivity contribution in [3.63, 3.8) is 0 Å². The van der Waals surface area contributed by atoms with Gasteiger partial charge < -0.3 is 5.73 Å². The van der Waals surface area contributed by atoms with Gasteiger partial charge in [-0.2, -0.15) is 9.78 Å². The van der Waals surface area contributed by atoms with Gasteiger partial charge in [-0.25, -0.2) is 10.1 Å². The lowest BCUT2D eigenvalue weighted by atomic mass is 9.95. The Morgan fingerprint density at radius 1 is 1.33 bits per heavy atom. The van der Waals surface area contributed by atoms with E-state index in [0.717, 1.165) is 18.5 Å². The maximum atomic E-state index is 12.2. The van der Waals surface area contributed by atoms with E-state index < -0.39 is 0 Å². The lowest BCUT2D eigenvalue weighted by molar-refractivity contribution is -0.121. The first-order valence-electron chi connectivity index (χ1n) is 9.52. The predicted molar refractivity (Wildman–Crippen MR) is 110 cm³/mol. The molecule has 1 aromatic carbocycles. The number of hydrogen-bond donors (Lipinski definition) is 2. The molecule has 3 heterocycles. The highest BCUT2D eigenvalue weighted by Gasteiger charge is 2.19. The van der Waals surface area contributed by atoms with Crippen LogP contribution in [0.2, 0.25) is 0 Å². The van der Waals surface area contributed by atoms with Gasteiger partial charge in [-0.3, -0.25) is 9.79 Å². The van der Waals surface area contributed by atoms with Gasteiger partial charge >= 0.3 is 0 Å². The Morgan fingerprint density at radius 3 is 2.97 bits per heavy atom. The second-order valence-electron chi connectivity index (χ2n) is 6.98. The fraction of sp³-hybridized carbons (Fsp3) is 0.316. The van der Waals surface area contributed by atoms with Crippen LogP contribution in [0.1, 0.15) is 49.1 Å². The average molecular weight is 407 g/mol. The first-order valence-corrected chi connectivity index (χ1v) is 9.52. The number of amides is 1. The molecule has 2 aromatic heterocycles. The fourth-order valence-corrected chi connectivity index (χ4v) is 3.34. The molecule has 0 aliphatic carbocycles. The molecule has 0 radical (unpaired) electrons. The molecule has 0 saturated heterocycles. The van der Waals surface area contributed by atoms with Gasteiger partial charge in [0.05, 0.1) is 17.1 Å². The van der Waals surface area contributed by atoms with Crippen molar-refractivity contribution >= 4 is 29.3 Å². The highest BCUT2D eigenvalue weighted by Crippen LogP contribution is 2.34. The molecule has 0 bridgehead atoms. The van der Waals surface area contributed by atoms with Crippen molar-refractivity contribution in [2.45, 2.75) is 39.0 Å². The smallest absolute Gasteiger partial charge is 0.243 e. The Balaban J connectivity index is 1.31. The molecule has 154 valence electrons. The van der Waals surface area contributed by atoms with Crippen LogP contribution in [0.15, 0.2) is 39.0 Å². The number of nitrogens with one attached hydrogen (secondary N) is 1. The number of benzene rings is 1. The summed E-state index contributed by atoms with van der Waals surface area (Å²) in [5, 5.41) is 19.4. The second-order valence-corrected chi connectivity index (χ2v) is 6.98. The normalized spacial score (nSPS) is 15.4. The number of hydrogen-bond acceptors (Lipinski definition) is 9. The van der Waals surface area contributed by atoms with Crippen LogP contribution in [0.4, 0.5) is 11.5 Å². The molecule has 3 N–H and O–H groups in total. The molecule has 30 heavy (non-hydrogen) atoms. The minimum Gasteiger partial charge on any atom is -0.378 e. The molecular weight excluding hydrogens is 386 g/mol. The molecule has 0 spiro atoms. The summed E-state index contributed by atoms with van der Waals surface area (Å²) in [7, 11) is 0. The van der Waals surface area contributed by atoms with Gasteiger partial charge in [0, 0.05) is 18.6 Å². The summed E-state index contributed by atoms with van der Waals surface area (Å²) in [6.07, 6.45) is 3.92. The SMILES string of the molecule is C/C(=N\NC(=O)CCCC1C=Nc2ccccc21)c1nnn(-c2nonc2N)c1C. The van der Waals surface area contributed by atoms with Crippen LogP contribution in [-0.2, 0) is 4.79 Å². The minimum atomic E-state index is -0.160. The molecule has 11 nitrogen and oxygen atoms in total. The predicted octanol–water partition coefficient (Wildman–Crippen LogP) is 2.05. The maximum Gasteiger partial charge on any atom is 0.243 e. The number of carbonyl (C=O) groups excluding carboxylic acids is 1. The second kappa shape index (κ2) is 8.23. The van der Waals surface area contributed by atoms with Crippen LogP contribution in [0.25, 0.3) is 5.82 Å². The number of nitrogens with two attached hydrogens (primary N) is 1. The van der Waals surface area contributed by atoms with Gasteiger partial charge in [0.2, 0.25) is 17.5 Å². The zero-order valence-electron chi connectivity index (χ0n) is 16.6. The molecule has 4 rings (SSSR count). The van der Waals surface area contributed by atoms with E-state index in [9.17, 15) is 4.79 Å². The molecule has 1 amide bonds. The van der Waals surface area contributed by atoms with Gasteiger partial charge in [0.15, 0.2) is 0 Å². The Morgan fingerprint density at radius 2 is 2.17 bits per heavy atom. The largest absolute Gasteiger partial charge is 0.378 e. The van der Waals surface area contributed by atoms with Crippen LogP contribution >= 0.6 is 0 Å². The van der Waals surface area contributed by atoms with E-state index >= 15 is 0 Å². The molecule has 3 aromatic rings. The fourth-order valence-electron chi connectivity index (χ4n) is 3.34. The number of rotatable bonds is 7. The number of anilines is 1. The van der Waals surface area contributed by atoms with Gasteiger partial charge in [-0.15, -0.1) is 5.10 Å². The molecule has 11 heteroatoms. The molecule has 0 fully saturated rings. The maximum absolute atomic E-state index is 12.2. The topological polar surface area (TPSA) is 149 Å². The van der Waals surface area contributed by atoms with E-state index in [0.29, 0.717) is 23.5 Å². The summed E-state index contributed by atoms with van der Waals surface area (Å²) in [6, 6.07) is 8.07. The number of para-hydroxylation sites is 1. The third-order valence-electron chi connectivity index (χ3n) is 4.93. The number of hydrazone groups is 1. The van der Waals surface area contributed by atoms with E-state index in [-0.39, 0.29) is 23.5 Å². The summed E-state index contributed by atoms with van der Waals surface area (Å²) in [5.74, 6) is 0.454. The van der Waals surface area contributed by atoms with Crippen LogP contribution in [0.5, 0.6) is 0 Å². The zero-order valence-corrected chi connectivity index (χ0v) is 16.6. The average Bonchev–Trinajstić information content (AvgIpc) is 3.45. The van der Waals surface area contributed by atoms with Crippen molar-refractivity contribution in [2.24, 2.45) is 10.1 Å². The lowest BCUT2D eigenvalue weighted by Gasteiger charge is -2.08. The highest BCUT2D eigenvalue weighted by atomic mass is 16.6. The van der Waals surface area contributed by atoms with Crippen LogP contribution < -0.4 is 11.2 Å². The number of aromatic nitrogens is 5. The van der Waals surface area contributed by atoms with Gasteiger partial charge in [-0.1, -0.05) is 23.4 Å². The summed E-state index contributed by atoms with van der Waals surface area (Å²) in [6.45, 7) is 3.52. The van der Waals surface area contributed by atoms with Gasteiger partial charge in [0.1, 0.15) is 5.69 Å². The first-order chi connectivity index (χ1) is 14.5. The van der Waals surface area contributed by atoms with Crippen LogP contribution in [-0.4, -0.2) is 43.1 Å². The zero-order chi connectivity index (χ0) is 21.1. The van der Waals surface area contributed by atoms with Crippen molar-refractivity contribution in [3.05, 3.63) is 41.2 Å². The quantitative estimate of drug-likeness (QED) is 0.449. The molecule has 1 aliphatic rings. The summed E-state index contributed by atoms with van der Waals surface area (Å²) >= 11 is 0. The standard InChI is InChI=1S/C19H21N9O2/c1-11(17-12(2)28(27-24-17)19-18(20)25-30-26-19)22-23-16(29)9-5-6-13-10-21-15-8-4-3-7-14(13)15/h3-4,7-8,10,13H,5-6,9H2,1-2H3,(H2,20,25)(H,23,29)/b22-11+. The minimum absolute atomic E-state index is 0.104. The van der Waals surface area contributed by atoms with Crippen molar-refractivity contribution in [2.75, 3.05) is 5.73 Å². The third-order valence-corrected chi connectivity index (χ3v) is 4.93. The van der Waals surface area contributed by atoms with E-state index in [1.807, 2.05) is 24.4 Å². The summed E-state index contributed by atoms with van der Waals surface area (Å²) in [4.78, 5) is 16.6. The van der Waals surface area contributed by atoms with E-state index in [2.05, 4.69) is 46.8 Å². The van der Waals surface area contributed by atoms with Gasteiger partial charge in [0.25, 0.3) is 0 Å². The molecule has 1 aliphatic heterocycles. The highest BCUT2D eigenvalue weighted by molar-refractivity contribution is 5.98. The Kier molecular flexibility index (Phi) is 5.33. The van der Waals surface area contributed by atoms with Crippen LogP contribution in [0, 0.1) is 6.92 Å². The van der Waals surface area contributed by atoms with Crippen molar-refractivity contribution in [1.29, 1.82) is 0 Å². The number of nitrogen functional groups attached to an aromatic ring is 1. The molecule has 0 saturated carbocycles. The van der Waals surface area contributed by atoms with Crippen molar-refractivity contribution in [3.8, 4) is 5.82 Å². The number of nitrogens with zero attached hydrogens (tertiary/aromatic N) is 7. The Bertz CT molecular complexity index is 1130. The number of aliphatic imine (C=N–C) groups is 1. The monoisotopic (exact) mass is 407 g/mol. The van der Waals surface area contributed by atoms with E-state index in [4.69, 9.17) is 5.73 Å². The number of fused-ring (bicyclic) bond motifs is 1. The van der Waals surface area contributed by atoms with Crippen molar-refractivity contribution < 1.29 is 9.42 Å². The molecule has 1 atom stereocenters. The first kappa shape index (κ1) is 19.4. The van der Waals surface area contributed by atoms with E-state index in [1.54, 1.807) is 13.8 Å². The lowest BCUT2D eigenvalue weighted by Crippen LogP contribution is -2.19. The third kappa shape index (κ3) is 3.81. The number of carbonyl (C=O) groups is 1. The van der Waals surface area contributed by atoms with Crippen LogP contribution in [0.3, 0.4) is 0 Å². The summed E-state index contributed by atoms with van der Waals surface area (Å²) in [5.41, 5.74) is 12.2. The van der Waals surface area contributed by atoms with Gasteiger partial charge in [-0.05, 0) is 48.6 Å². The molecular formula is C19H21N9O2. The Labute approximate surface area is 172 Å². The van der Waals surface area contributed by atoms with Crippen molar-refractivity contribution in [1.82, 2.24) is 30.7 Å².